The number of nitrogens with zero attached hydrogens (tertiary/aromatic N) is 2. The topological polar surface area (TPSA) is 91.4 Å². The highest BCUT2D eigenvalue weighted by Crippen LogP contribution is 2.26. The van der Waals surface area contributed by atoms with Crippen LogP contribution < -0.4 is 10.6 Å². The Morgan fingerprint density at radius 1 is 1.19 bits per heavy atom. The number of aromatic nitrogens is 1. The van der Waals surface area contributed by atoms with E-state index in [4.69, 9.17) is 0 Å². The molecule has 1 aliphatic heterocycles. The lowest BCUT2D eigenvalue weighted by molar-refractivity contribution is -0.135. The van der Waals surface area contributed by atoms with Gasteiger partial charge in [-0.15, -0.1) is 0 Å². The summed E-state index contributed by atoms with van der Waals surface area (Å²) in [7, 11) is 0. The van der Waals surface area contributed by atoms with Crippen molar-refractivity contribution in [3.05, 3.63) is 65.5 Å². The summed E-state index contributed by atoms with van der Waals surface area (Å²) in [5.74, 6) is -0.897. The van der Waals surface area contributed by atoms with E-state index < -0.39 is 23.4 Å². The van der Waals surface area contributed by atoms with Gasteiger partial charge in [0.25, 0.3) is 5.91 Å². The standard InChI is InChI=1S/C19H20N4O3/c1-13-6-8-14(9-7-13)11-21-16(24)12-23-17(25)19(2,22-18(23)26)15-5-3-4-10-20-15/h3-10H,11-12H2,1-2H3,(H,21,24)(H,22,26). The summed E-state index contributed by atoms with van der Waals surface area (Å²) in [6.45, 7) is 3.57. The Bertz CT molecular complexity index is 836. The molecular formula is C19H20N4O3. The molecular weight excluding hydrogens is 332 g/mol. The highest BCUT2D eigenvalue weighted by atomic mass is 16.2. The van der Waals surface area contributed by atoms with Crippen LogP contribution in [0.15, 0.2) is 48.7 Å². The van der Waals surface area contributed by atoms with Crippen molar-refractivity contribution in [2.45, 2.75) is 25.9 Å². The minimum atomic E-state index is -1.27. The number of carbonyl (C=O) groups excluding carboxylic acids is 3. The zero-order valence-electron chi connectivity index (χ0n) is 14.7. The van der Waals surface area contributed by atoms with E-state index >= 15 is 0 Å². The Labute approximate surface area is 151 Å². The Hall–Kier alpha value is -3.22. The van der Waals surface area contributed by atoms with Crippen LogP contribution in [0.4, 0.5) is 4.79 Å². The number of rotatable bonds is 5. The summed E-state index contributed by atoms with van der Waals surface area (Å²) in [4.78, 5) is 42.2. The smallest absolute Gasteiger partial charge is 0.325 e. The quantitative estimate of drug-likeness (QED) is 0.797. The van der Waals surface area contributed by atoms with Crippen LogP contribution in [0.3, 0.4) is 0 Å². The van der Waals surface area contributed by atoms with Gasteiger partial charge in [-0.3, -0.25) is 19.5 Å². The van der Waals surface area contributed by atoms with Crippen molar-refractivity contribution in [2.24, 2.45) is 0 Å². The molecule has 26 heavy (non-hydrogen) atoms. The summed E-state index contributed by atoms with van der Waals surface area (Å²) < 4.78 is 0. The van der Waals surface area contributed by atoms with E-state index in [1.54, 1.807) is 31.3 Å². The van der Waals surface area contributed by atoms with Gasteiger partial charge in [-0.2, -0.15) is 0 Å². The molecule has 2 heterocycles. The fourth-order valence-electron chi connectivity index (χ4n) is 2.78. The Kier molecular flexibility index (Phi) is 4.71. The molecule has 2 aromatic rings. The second-order valence-electron chi connectivity index (χ2n) is 6.42. The van der Waals surface area contributed by atoms with E-state index in [1.807, 2.05) is 31.2 Å². The molecule has 1 aromatic carbocycles. The third-order valence-corrected chi connectivity index (χ3v) is 4.36. The highest BCUT2D eigenvalue weighted by Gasteiger charge is 2.50. The minimum Gasteiger partial charge on any atom is -0.350 e. The van der Waals surface area contributed by atoms with Crippen LogP contribution in [0.1, 0.15) is 23.7 Å². The van der Waals surface area contributed by atoms with E-state index in [0.717, 1.165) is 16.0 Å². The number of nitrogens with one attached hydrogen (secondary N) is 2. The molecule has 0 aliphatic carbocycles. The molecule has 134 valence electrons. The maximum Gasteiger partial charge on any atom is 0.325 e. The summed E-state index contributed by atoms with van der Waals surface area (Å²) >= 11 is 0. The van der Waals surface area contributed by atoms with Crippen molar-refractivity contribution < 1.29 is 14.4 Å². The summed E-state index contributed by atoms with van der Waals surface area (Å²) in [5.41, 5.74) is 1.24. The molecule has 1 saturated heterocycles. The number of hydrogen-bond donors (Lipinski definition) is 2. The van der Waals surface area contributed by atoms with Crippen molar-refractivity contribution in [3.8, 4) is 0 Å². The van der Waals surface area contributed by atoms with Crippen LogP contribution in [0.2, 0.25) is 0 Å². The number of amides is 4. The fourth-order valence-corrected chi connectivity index (χ4v) is 2.78. The number of aryl methyl sites for hydroxylation is 1. The van der Waals surface area contributed by atoms with Gasteiger partial charge in [-0.1, -0.05) is 35.9 Å². The van der Waals surface area contributed by atoms with Gasteiger partial charge >= 0.3 is 6.03 Å². The third-order valence-electron chi connectivity index (χ3n) is 4.36. The van der Waals surface area contributed by atoms with E-state index in [1.165, 1.54) is 0 Å². The van der Waals surface area contributed by atoms with Gasteiger partial charge in [0.2, 0.25) is 5.91 Å². The van der Waals surface area contributed by atoms with Crippen LogP contribution in [-0.2, 0) is 21.7 Å². The minimum absolute atomic E-state index is 0.334. The molecule has 7 nitrogen and oxygen atoms in total. The zero-order chi connectivity index (χ0) is 18.7. The molecule has 3 rings (SSSR count). The molecule has 1 aromatic heterocycles. The molecule has 7 heteroatoms. The summed E-state index contributed by atoms with van der Waals surface area (Å²) in [5, 5.41) is 5.35. The van der Waals surface area contributed by atoms with Gasteiger partial charge in [0.15, 0.2) is 5.54 Å². The Morgan fingerprint density at radius 3 is 2.58 bits per heavy atom. The van der Waals surface area contributed by atoms with Crippen molar-refractivity contribution in [2.75, 3.05) is 6.54 Å². The maximum atomic E-state index is 12.7. The number of imide groups is 1. The normalized spacial score (nSPS) is 19.4. The van der Waals surface area contributed by atoms with Gasteiger partial charge in [0.1, 0.15) is 6.54 Å². The molecule has 1 aliphatic rings. The Balaban J connectivity index is 1.64. The molecule has 0 spiro atoms. The molecule has 0 saturated carbocycles. The molecule has 1 atom stereocenters. The summed E-state index contributed by atoms with van der Waals surface area (Å²) in [6.07, 6.45) is 1.55. The van der Waals surface area contributed by atoms with E-state index in [-0.39, 0.29) is 6.54 Å². The van der Waals surface area contributed by atoms with Crippen molar-refractivity contribution >= 4 is 17.8 Å². The van der Waals surface area contributed by atoms with Crippen LogP contribution in [0, 0.1) is 6.92 Å². The Morgan fingerprint density at radius 2 is 1.92 bits per heavy atom. The van der Waals surface area contributed by atoms with E-state index in [9.17, 15) is 14.4 Å². The number of carbonyl (C=O) groups is 3. The first-order chi connectivity index (χ1) is 12.4. The fraction of sp³-hybridized carbons (Fsp3) is 0.263. The molecule has 2 N–H and O–H groups in total. The summed E-state index contributed by atoms with van der Waals surface area (Å²) in [6, 6.07) is 12.3. The van der Waals surface area contributed by atoms with Crippen molar-refractivity contribution in [1.82, 2.24) is 20.5 Å². The maximum absolute atomic E-state index is 12.7. The molecule has 4 amide bonds. The third kappa shape index (κ3) is 3.42. The van der Waals surface area contributed by atoms with Crippen LogP contribution in [0.25, 0.3) is 0 Å². The first kappa shape index (κ1) is 17.6. The zero-order valence-corrected chi connectivity index (χ0v) is 14.7. The van der Waals surface area contributed by atoms with Gasteiger partial charge in [0, 0.05) is 12.7 Å². The molecule has 0 radical (unpaired) electrons. The van der Waals surface area contributed by atoms with Crippen LogP contribution in [0.5, 0.6) is 0 Å². The van der Waals surface area contributed by atoms with Gasteiger partial charge < -0.3 is 10.6 Å². The predicted molar refractivity (Wildman–Crippen MR) is 94.9 cm³/mol. The van der Waals surface area contributed by atoms with Crippen molar-refractivity contribution in [1.29, 1.82) is 0 Å². The predicted octanol–water partition coefficient (Wildman–Crippen LogP) is 1.47. The lowest BCUT2D eigenvalue weighted by Crippen LogP contribution is -2.43. The van der Waals surface area contributed by atoms with Gasteiger partial charge in [-0.05, 0) is 31.5 Å². The molecule has 1 fully saturated rings. The average molecular weight is 352 g/mol. The SMILES string of the molecule is Cc1ccc(CNC(=O)CN2C(=O)NC(C)(c3ccccn3)C2=O)cc1. The number of hydrogen-bond acceptors (Lipinski definition) is 4. The van der Waals surface area contributed by atoms with Gasteiger partial charge in [-0.25, -0.2) is 4.79 Å². The van der Waals surface area contributed by atoms with Crippen LogP contribution >= 0.6 is 0 Å². The first-order valence-corrected chi connectivity index (χ1v) is 8.28. The number of pyridine rings is 1. The van der Waals surface area contributed by atoms with Crippen LogP contribution in [-0.4, -0.2) is 34.3 Å². The largest absolute Gasteiger partial charge is 0.350 e. The second kappa shape index (κ2) is 6.95. The lowest BCUT2D eigenvalue weighted by atomic mass is 9.97. The molecule has 0 bridgehead atoms. The lowest BCUT2D eigenvalue weighted by Gasteiger charge is -2.20. The first-order valence-electron chi connectivity index (χ1n) is 8.28. The molecule has 1 unspecified atom stereocenters. The second-order valence-corrected chi connectivity index (χ2v) is 6.42. The van der Waals surface area contributed by atoms with E-state index in [0.29, 0.717) is 12.2 Å². The number of benzene rings is 1. The number of urea groups is 1. The van der Waals surface area contributed by atoms with Gasteiger partial charge in [0.05, 0.1) is 5.69 Å². The monoisotopic (exact) mass is 352 g/mol. The highest BCUT2D eigenvalue weighted by molar-refractivity contribution is 6.08. The van der Waals surface area contributed by atoms with E-state index in [2.05, 4.69) is 15.6 Å². The average Bonchev–Trinajstić information content (AvgIpc) is 2.86. The van der Waals surface area contributed by atoms with Crippen molar-refractivity contribution in [3.63, 3.8) is 0 Å².